The zero-order valence-electron chi connectivity index (χ0n) is 10.1. The van der Waals surface area contributed by atoms with Crippen LogP contribution in [0, 0.1) is 0 Å². The molecule has 15 heavy (non-hydrogen) atoms. The van der Waals surface area contributed by atoms with E-state index in [1.165, 1.54) is 0 Å². The van der Waals surface area contributed by atoms with Gasteiger partial charge in [0, 0.05) is 17.7 Å². The molecule has 0 aliphatic heterocycles. The topological polar surface area (TPSA) is 78.4 Å². The first-order chi connectivity index (χ1) is 6.47. The van der Waals surface area contributed by atoms with Crippen molar-refractivity contribution in [3.05, 3.63) is 0 Å². The maximum atomic E-state index is 11.6. The Morgan fingerprint density at radius 3 is 1.87 bits per heavy atom. The molecule has 0 amide bonds. The monoisotopic (exact) mass is 238 g/mol. The van der Waals surface area contributed by atoms with Gasteiger partial charge in [-0.05, 0) is 41.0 Å². The molecule has 5 nitrogen and oxygen atoms in total. The maximum Gasteiger partial charge on any atom is 0.277 e. The highest BCUT2D eigenvalue weighted by Gasteiger charge is 2.27. The standard InChI is InChI=1S/C9H22N2O3S/c1-8(2,3)10-15(13,14)11-9(4,5)6-7-12/h10-12H,6-7H2,1-5H3. The van der Waals surface area contributed by atoms with Crippen molar-refractivity contribution in [2.75, 3.05) is 6.61 Å². The van der Waals surface area contributed by atoms with Crippen LogP contribution in [0.25, 0.3) is 0 Å². The van der Waals surface area contributed by atoms with Gasteiger partial charge in [0.1, 0.15) is 0 Å². The Kier molecular flexibility index (Phi) is 4.72. The lowest BCUT2D eigenvalue weighted by Gasteiger charge is -2.28. The molecule has 6 heteroatoms. The summed E-state index contributed by atoms with van der Waals surface area (Å²) in [5.41, 5.74) is -1.16. The SMILES string of the molecule is CC(C)(C)NS(=O)(=O)NC(C)(C)CCO. The number of hydrogen-bond acceptors (Lipinski definition) is 3. The fraction of sp³-hybridized carbons (Fsp3) is 1.00. The number of hydrogen-bond donors (Lipinski definition) is 3. The van der Waals surface area contributed by atoms with E-state index in [4.69, 9.17) is 5.11 Å². The number of aliphatic hydroxyl groups is 1. The predicted octanol–water partition coefficient (Wildman–Crippen LogP) is 0.370. The summed E-state index contributed by atoms with van der Waals surface area (Å²) in [5.74, 6) is 0. The number of aliphatic hydroxyl groups excluding tert-OH is 1. The summed E-state index contributed by atoms with van der Waals surface area (Å²) in [7, 11) is -3.53. The molecule has 3 N–H and O–H groups in total. The molecule has 0 heterocycles. The normalized spacial score (nSPS) is 14.3. The van der Waals surface area contributed by atoms with Crippen molar-refractivity contribution < 1.29 is 13.5 Å². The van der Waals surface area contributed by atoms with Crippen LogP contribution in [0.15, 0.2) is 0 Å². The van der Waals surface area contributed by atoms with E-state index >= 15 is 0 Å². The Labute approximate surface area is 92.4 Å². The second-order valence-electron chi connectivity index (χ2n) is 5.32. The minimum absolute atomic E-state index is 0.0506. The average Bonchev–Trinajstić information content (AvgIpc) is 1.74. The fourth-order valence-corrected chi connectivity index (χ4v) is 2.81. The first-order valence-electron chi connectivity index (χ1n) is 4.91. The van der Waals surface area contributed by atoms with Crippen LogP contribution in [-0.4, -0.2) is 31.2 Å². The van der Waals surface area contributed by atoms with E-state index in [-0.39, 0.29) is 6.61 Å². The number of rotatable bonds is 5. The molecular formula is C9H22N2O3S. The molecule has 0 aliphatic carbocycles. The Hall–Kier alpha value is -0.170. The van der Waals surface area contributed by atoms with E-state index in [1.54, 1.807) is 34.6 Å². The van der Waals surface area contributed by atoms with Gasteiger partial charge in [0.05, 0.1) is 0 Å². The Morgan fingerprint density at radius 2 is 1.53 bits per heavy atom. The predicted molar refractivity (Wildman–Crippen MR) is 60.7 cm³/mol. The highest BCUT2D eigenvalue weighted by atomic mass is 32.2. The van der Waals surface area contributed by atoms with Gasteiger partial charge in [-0.25, -0.2) is 0 Å². The summed E-state index contributed by atoms with van der Waals surface area (Å²) < 4.78 is 28.2. The largest absolute Gasteiger partial charge is 0.396 e. The zero-order chi connectivity index (χ0) is 12.3. The lowest BCUT2D eigenvalue weighted by atomic mass is 10.0. The lowest BCUT2D eigenvalue weighted by molar-refractivity contribution is 0.245. The number of nitrogens with one attached hydrogen (secondary N) is 2. The summed E-state index contributed by atoms with van der Waals surface area (Å²) in [6.45, 7) is 8.71. The molecule has 0 atom stereocenters. The van der Waals surface area contributed by atoms with Crippen LogP contribution >= 0.6 is 0 Å². The van der Waals surface area contributed by atoms with Crippen molar-refractivity contribution >= 4 is 10.2 Å². The second-order valence-corrected chi connectivity index (χ2v) is 6.73. The molecule has 0 bridgehead atoms. The molecule has 0 saturated carbocycles. The lowest BCUT2D eigenvalue weighted by Crippen LogP contribution is -2.53. The third kappa shape index (κ3) is 7.72. The van der Waals surface area contributed by atoms with Gasteiger partial charge < -0.3 is 5.11 Å². The van der Waals surface area contributed by atoms with Crippen molar-refractivity contribution in [2.24, 2.45) is 0 Å². The molecule has 92 valence electrons. The van der Waals surface area contributed by atoms with Crippen molar-refractivity contribution in [1.82, 2.24) is 9.44 Å². The van der Waals surface area contributed by atoms with Gasteiger partial charge in [0.2, 0.25) is 0 Å². The minimum atomic E-state index is -3.53. The van der Waals surface area contributed by atoms with Crippen LogP contribution in [0.1, 0.15) is 41.0 Å². The van der Waals surface area contributed by atoms with E-state index in [0.717, 1.165) is 0 Å². The molecule has 0 aliphatic rings. The highest BCUT2D eigenvalue weighted by molar-refractivity contribution is 7.87. The second kappa shape index (κ2) is 4.78. The van der Waals surface area contributed by atoms with Crippen molar-refractivity contribution in [1.29, 1.82) is 0 Å². The first-order valence-corrected chi connectivity index (χ1v) is 6.39. The third-order valence-electron chi connectivity index (χ3n) is 1.59. The van der Waals surface area contributed by atoms with Gasteiger partial charge in [0.25, 0.3) is 10.2 Å². The summed E-state index contributed by atoms with van der Waals surface area (Å²) in [6, 6.07) is 0. The average molecular weight is 238 g/mol. The fourth-order valence-electron chi connectivity index (χ4n) is 1.12. The van der Waals surface area contributed by atoms with Gasteiger partial charge in [-0.1, -0.05) is 0 Å². The molecule has 0 rings (SSSR count). The molecule has 0 aromatic rings. The smallest absolute Gasteiger partial charge is 0.277 e. The molecule has 0 fully saturated rings. The third-order valence-corrected chi connectivity index (χ3v) is 3.29. The van der Waals surface area contributed by atoms with Gasteiger partial charge >= 0.3 is 0 Å². The van der Waals surface area contributed by atoms with Crippen LogP contribution in [0.2, 0.25) is 0 Å². The van der Waals surface area contributed by atoms with Crippen molar-refractivity contribution in [3.8, 4) is 0 Å². The molecule has 0 aromatic heterocycles. The summed E-state index contributed by atoms with van der Waals surface area (Å²) in [6.07, 6.45) is 0.373. The zero-order valence-corrected chi connectivity index (χ0v) is 10.9. The van der Waals surface area contributed by atoms with E-state index in [9.17, 15) is 8.42 Å². The Bertz CT molecular complexity index is 291. The Balaban J connectivity index is 4.52. The van der Waals surface area contributed by atoms with Crippen LogP contribution < -0.4 is 9.44 Å². The molecule has 0 radical (unpaired) electrons. The van der Waals surface area contributed by atoms with E-state index in [1.807, 2.05) is 0 Å². The van der Waals surface area contributed by atoms with Crippen LogP contribution in [0.3, 0.4) is 0 Å². The van der Waals surface area contributed by atoms with Crippen LogP contribution in [0.5, 0.6) is 0 Å². The molecule has 0 spiro atoms. The minimum Gasteiger partial charge on any atom is -0.396 e. The molecular weight excluding hydrogens is 216 g/mol. The Morgan fingerprint density at radius 1 is 1.07 bits per heavy atom. The van der Waals surface area contributed by atoms with E-state index in [0.29, 0.717) is 6.42 Å². The summed E-state index contributed by atoms with van der Waals surface area (Å²) >= 11 is 0. The maximum absolute atomic E-state index is 11.6. The molecule has 0 saturated heterocycles. The van der Waals surface area contributed by atoms with Gasteiger partial charge in [-0.3, -0.25) is 0 Å². The van der Waals surface area contributed by atoms with Crippen LogP contribution in [-0.2, 0) is 10.2 Å². The van der Waals surface area contributed by atoms with Gasteiger partial charge in [0.15, 0.2) is 0 Å². The molecule has 0 unspecified atom stereocenters. The highest BCUT2D eigenvalue weighted by Crippen LogP contribution is 2.10. The summed E-state index contributed by atoms with van der Waals surface area (Å²) in [5, 5.41) is 8.78. The van der Waals surface area contributed by atoms with Crippen LogP contribution in [0.4, 0.5) is 0 Å². The van der Waals surface area contributed by atoms with Gasteiger partial charge in [-0.15, -0.1) is 0 Å². The molecule has 0 aromatic carbocycles. The quantitative estimate of drug-likeness (QED) is 0.647. The van der Waals surface area contributed by atoms with Gasteiger partial charge in [-0.2, -0.15) is 17.9 Å². The van der Waals surface area contributed by atoms with E-state index < -0.39 is 21.3 Å². The van der Waals surface area contributed by atoms with E-state index in [2.05, 4.69) is 9.44 Å². The van der Waals surface area contributed by atoms with Crippen molar-refractivity contribution in [3.63, 3.8) is 0 Å². The first kappa shape index (κ1) is 14.8. The van der Waals surface area contributed by atoms with Crippen molar-refractivity contribution in [2.45, 2.75) is 52.1 Å². The summed E-state index contributed by atoms with van der Waals surface area (Å²) in [4.78, 5) is 0.